The molecule has 122 valence electrons. The monoisotopic (exact) mass is 341 g/mol. The van der Waals surface area contributed by atoms with Crippen molar-refractivity contribution in [2.24, 2.45) is 5.73 Å². The Balaban J connectivity index is 1.64. The van der Waals surface area contributed by atoms with Gasteiger partial charge < -0.3 is 10.6 Å². The minimum atomic E-state index is -0.306. The summed E-state index contributed by atoms with van der Waals surface area (Å²) in [5, 5.41) is 0.904. The predicted octanol–water partition coefficient (Wildman–Crippen LogP) is 3.03. The molecule has 0 radical (unpaired) electrons. The van der Waals surface area contributed by atoms with E-state index in [2.05, 4.69) is 16.0 Å². The molecule has 0 saturated carbocycles. The van der Waals surface area contributed by atoms with Crippen LogP contribution < -0.4 is 10.6 Å². The highest BCUT2D eigenvalue weighted by Crippen LogP contribution is 2.33. The molecule has 0 unspecified atom stereocenters. The molecule has 0 atom stereocenters. The van der Waals surface area contributed by atoms with Crippen molar-refractivity contribution in [3.63, 3.8) is 0 Å². The smallest absolute Gasteiger partial charge is 0.221 e. The molecule has 1 aliphatic rings. The van der Waals surface area contributed by atoms with E-state index in [0.717, 1.165) is 40.4 Å². The van der Waals surface area contributed by atoms with E-state index in [1.165, 1.54) is 34.6 Å². The Kier molecular flexibility index (Phi) is 3.69. The number of primary amides is 1. The number of nitrogens with two attached hydrogens (primary N) is 1. The highest BCUT2D eigenvalue weighted by Gasteiger charge is 2.21. The van der Waals surface area contributed by atoms with E-state index in [1.54, 1.807) is 6.07 Å². The summed E-state index contributed by atoms with van der Waals surface area (Å²) in [5.74, 6) is -0.545. The highest BCUT2D eigenvalue weighted by atomic mass is 32.1. The van der Waals surface area contributed by atoms with Gasteiger partial charge in [-0.15, -0.1) is 0 Å². The van der Waals surface area contributed by atoms with Crippen LogP contribution in [0.4, 0.5) is 9.52 Å². The number of halogens is 1. The van der Waals surface area contributed by atoms with Crippen molar-refractivity contribution in [1.29, 1.82) is 0 Å². The number of hydrogen-bond donors (Lipinski definition) is 1. The summed E-state index contributed by atoms with van der Waals surface area (Å²) in [7, 11) is 0. The van der Waals surface area contributed by atoms with Gasteiger partial charge in [0.05, 0.1) is 16.6 Å². The molecule has 0 spiro atoms. The standard InChI is InChI=1S/C18H16FN3OS/c19-13-4-5-15-16(9-13)24-18(21-15)22-7-6-14-11(8-17(20)23)2-1-3-12(14)10-22/h1-5,9H,6-8,10H2,(H2,20,23). The van der Waals surface area contributed by atoms with Crippen molar-refractivity contribution in [2.75, 3.05) is 11.4 Å². The number of benzene rings is 2. The molecule has 2 heterocycles. The van der Waals surface area contributed by atoms with Crippen LogP contribution in [0.5, 0.6) is 0 Å². The van der Waals surface area contributed by atoms with Crippen LogP contribution in [0.15, 0.2) is 36.4 Å². The Morgan fingerprint density at radius 3 is 3.04 bits per heavy atom. The summed E-state index contributed by atoms with van der Waals surface area (Å²) in [6.45, 7) is 1.56. The second kappa shape index (κ2) is 5.87. The van der Waals surface area contributed by atoms with E-state index in [0.29, 0.717) is 0 Å². The lowest BCUT2D eigenvalue weighted by Crippen LogP contribution is -2.31. The molecule has 1 amide bonds. The Morgan fingerprint density at radius 1 is 1.33 bits per heavy atom. The fourth-order valence-electron chi connectivity index (χ4n) is 3.23. The second-order valence-corrected chi connectivity index (χ2v) is 6.99. The van der Waals surface area contributed by atoms with Gasteiger partial charge in [0.25, 0.3) is 0 Å². The van der Waals surface area contributed by atoms with Crippen LogP contribution >= 0.6 is 11.3 Å². The highest BCUT2D eigenvalue weighted by molar-refractivity contribution is 7.22. The van der Waals surface area contributed by atoms with E-state index in [-0.39, 0.29) is 18.1 Å². The molecular formula is C18H16FN3OS. The molecule has 3 aromatic rings. The van der Waals surface area contributed by atoms with Gasteiger partial charge in [-0.2, -0.15) is 0 Å². The average Bonchev–Trinajstić information content (AvgIpc) is 2.97. The lowest BCUT2D eigenvalue weighted by molar-refractivity contribution is -0.117. The molecule has 6 heteroatoms. The molecule has 0 fully saturated rings. The maximum Gasteiger partial charge on any atom is 0.221 e. The molecular weight excluding hydrogens is 325 g/mol. The zero-order valence-corrected chi connectivity index (χ0v) is 13.8. The number of carbonyl (C=O) groups is 1. The van der Waals surface area contributed by atoms with Crippen LogP contribution in [0.2, 0.25) is 0 Å². The van der Waals surface area contributed by atoms with Crippen LogP contribution in [0, 0.1) is 5.82 Å². The predicted molar refractivity (Wildman–Crippen MR) is 93.7 cm³/mol. The quantitative estimate of drug-likeness (QED) is 0.797. The van der Waals surface area contributed by atoms with Gasteiger partial charge in [-0.25, -0.2) is 9.37 Å². The van der Waals surface area contributed by atoms with Gasteiger partial charge in [0, 0.05) is 13.1 Å². The summed E-state index contributed by atoms with van der Waals surface area (Å²) in [6, 6.07) is 10.7. The third-order valence-corrected chi connectivity index (χ3v) is 5.42. The molecule has 1 aromatic heterocycles. The lowest BCUT2D eigenvalue weighted by Gasteiger charge is -2.29. The molecule has 4 rings (SSSR count). The number of carbonyl (C=O) groups excluding carboxylic acids is 1. The number of aromatic nitrogens is 1. The number of hydrogen-bond acceptors (Lipinski definition) is 4. The number of nitrogens with zero attached hydrogens (tertiary/aromatic N) is 2. The van der Waals surface area contributed by atoms with Crippen molar-refractivity contribution in [3.05, 3.63) is 58.9 Å². The lowest BCUT2D eigenvalue weighted by atomic mass is 9.93. The number of fused-ring (bicyclic) bond motifs is 2. The Bertz CT molecular complexity index is 937. The third-order valence-electron chi connectivity index (χ3n) is 4.34. The Morgan fingerprint density at radius 2 is 2.21 bits per heavy atom. The summed E-state index contributed by atoms with van der Waals surface area (Å²) in [6.07, 6.45) is 1.13. The van der Waals surface area contributed by atoms with Crippen LogP contribution in [-0.2, 0) is 24.2 Å². The van der Waals surface area contributed by atoms with Crippen LogP contribution in [0.3, 0.4) is 0 Å². The van der Waals surface area contributed by atoms with E-state index in [4.69, 9.17) is 5.73 Å². The molecule has 24 heavy (non-hydrogen) atoms. The molecule has 2 aromatic carbocycles. The first kappa shape index (κ1) is 15.1. The van der Waals surface area contributed by atoms with Gasteiger partial charge >= 0.3 is 0 Å². The molecule has 1 aliphatic heterocycles. The van der Waals surface area contributed by atoms with E-state index in [9.17, 15) is 9.18 Å². The number of rotatable bonds is 3. The molecule has 0 saturated heterocycles. The fraction of sp³-hybridized carbons (Fsp3) is 0.222. The van der Waals surface area contributed by atoms with Crippen molar-refractivity contribution >= 4 is 32.6 Å². The van der Waals surface area contributed by atoms with E-state index < -0.39 is 0 Å². The summed E-state index contributed by atoms with van der Waals surface area (Å²) in [4.78, 5) is 18.1. The number of amides is 1. The molecule has 0 aliphatic carbocycles. The van der Waals surface area contributed by atoms with Gasteiger partial charge in [-0.3, -0.25) is 4.79 Å². The topological polar surface area (TPSA) is 59.2 Å². The van der Waals surface area contributed by atoms with Crippen molar-refractivity contribution in [1.82, 2.24) is 4.98 Å². The normalized spacial score (nSPS) is 14.0. The SMILES string of the molecule is NC(=O)Cc1cccc2c1CCN(c1nc3ccc(F)cc3s1)C2. The van der Waals surface area contributed by atoms with Gasteiger partial charge in [-0.1, -0.05) is 29.5 Å². The van der Waals surface area contributed by atoms with Crippen LogP contribution in [-0.4, -0.2) is 17.4 Å². The summed E-state index contributed by atoms with van der Waals surface area (Å²) >= 11 is 1.51. The van der Waals surface area contributed by atoms with E-state index >= 15 is 0 Å². The van der Waals surface area contributed by atoms with Gasteiger partial charge in [0.2, 0.25) is 5.91 Å². The van der Waals surface area contributed by atoms with Crippen LogP contribution in [0.25, 0.3) is 10.2 Å². The fourth-order valence-corrected chi connectivity index (χ4v) is 4.24. The maximum atomic E-state index is 13.4. The summed E-state index contributed by atoms with van der Waals surface area (Å²) < 4.78 is 14.2. The van der Waals surface area contributed by atoms with Crippen molar-refractivity contribution in [3.8, 4) is 0 Å². The largest absolute Gasteiger partial charge is 0.369 e. The summed E-state index contributed by atoms with van der Waals surface area (Å²) in [5.41, 5.74) is 9.61. The zero-order chi connectivity index (χ0) is 16.7. The van der Waals surface area contributed by atoms with Gasteiger partial charge in [-0.05, 0) is 41.3 Å². The van der Waals surface area contributed by atoms with Gasteiger partial charge in [0.1, 0.15) is 5.82 Å². The third kappa shape index (κ3) is 2.73. The minimum absolute atomic E-state index is 0.238. The van der Waals surface area contributed by atoms with Crippen molar-refractivity contribution < 1.29 is 9.18 Å². The Labute approximate surface area is 142 Å². The van der Waals surface area contributed by atoms with Crippen LogP contribution in [0.1, 0.15) is 16.7 Å². The first-order chi connectivity index (χ1) is 11.6. The zero-order valence-electron chi connectivity index (χ0n) is 13.0. The van der Waals surface area contributed by atoms with Gasteiger partial charge in [0.15, 0.2) is 5.13 Å². The first-order valence-electron chi connectivity index (χ1n) is 7.79. The van der Waals surface area contributed by atoms with E-state index in [1.807, 2.05) is 12.1 Å². The second-order valence-electron chi connectivity index (χ2n) is 5.98. The molecule has 0 bridgehead atoms. The minimum Gasteiger partial charge on any atom is -0.369 e. The van der Waals surface area contributed by atoms with Crippen molar-refractivity contribution in [2.45, 2.75) is 19.4 Å². The number of anilines is 1. The molecule has 4 nitrogen and oxygen atoms in total. The number of thiazole rings is 1. The first-order valence-corrected chi connectivity index (χ1v) is 8.61. The Hall–Kier alpha value is -2.47. The average molecular weight is 341 g/mol. The molecule has 2 N–H and O–H groups in total. The maximum absolute atomic E-state index is 13.4.